The second-order valence-electron chi connectivity index (χ2n) is 16.1. The summed E-state index contributed by atoms with van der Waals surface area (Å²) in [5.41, 5.74) is 16.9. The van der Waals surface area contributed by atoms with Crippen LogP contribution in [0, 0.1) is 0 Å². The average Bonchev–Trinajstić information content (AvgIpc) is 3.53. The first-order chi connectivity index (χ1) is 29.5. The van der Waals surface area contributed by atoms with Crippen molar-refractivity contribution in [3.8, 4) is 78.6 Å². The van der Waals surface area contributed by atoms with Gasteiger partial charge >= 0.3 is 0 Å². The van der Waals surface area contributed by atoms with Gasteiger partial charge in [-0.25, -0.2) is 0 Å². The van der Waals surface area contributed by atoms with Crippen molar-refractivity contribution in [3.63, 3.8) is 0 Å². The summed E-state index contributed by atoms with van der Waals surface area (Å²) in [5, 5.41) is 0. The van der Waals surface area contributed by atoms with Gasteiger partial charge in [0.1, 0.15) is 0 Å². The molecule has 0 atom stereocenters. The van der Waals surface area contributed by atoms with Crippen molar-refractivity contribution in [2.24, 2.45) is 0 Å². The molecule has 9 aromatic carbocycles. The molecule has 60 heavy (non-hydrogen) atoms. The van der Waals surface area contributed by atoms with Crippen LogP contribution in [0.2, 0.25) is 0 Å². The van der Waals surface area contributed by atoms with Crippen LogP contribution >= 0.6 is 0 Å². The number of para-hydroxylation sites is 2. The molecule has 0 aromatic heterocycles. The van der Waals surface area contributed by atoms with Gasteiger partial charge in [0.15, 0.2) is 23.0 Å². The van der Waals surface area contributed by atoms with Crippen LogP contribution in [0.1, 0.15) is 25.0 Å². The van der Waals surface area contributed by atoms with Crippen LogP contribution in [0.4, 0.5) is 17.1 Å². The van der Waals surface area contributed by atoms with Gasteiger partial charge in [-0.15, -0.1) is 0 Å². The third-order valence-electron chi connectivity index (χ3n) is 12.1. The fourth-order valence-corrected chi connectivity index (χ4v) is 9.17. The fourth-order valence-electron chi connectivity index (χ4n) is 9.17. The van der Waals surface area contributed by atoms with Crippen molar-refractivity contribution in [1.82, 2.24) is 0 Å². The number of hydrogen-bond donors (Lipinski definition) is 0. The number of benzene rings is 9. The minimum atomic E-state index is -0.157. The van der Waals surface area contributed by atoms with Gasteiger partial charge in [0.25, 0.3) is 0 Å². The van der Waals surface area contributed by atoms with E-state index >= 15 is 0 Å². The van der Waals surface area contributed by atoms with Gasteiger partial charge in [-0.05, 0) is 98.6 Å². The number of ether oxygens (including phenoxy) is 2. The predicted octanol–water partition coefficient (Wildman–Crippen LogP) is 16.0. The molecule has 1 heterocycles. The molecule has 0 fully saturated rings. The van der Waals surface area contributed by atoms with Gasteiger partial charge in [-0.2, -0.15) is 0 Å². The summed E-state index contributed by atoms with van der Waals surface area (Å²) < 4.78 is 13.6. The van der Waals surface area contributed by atoms with Crippen molar-refractivity contribution >= 4 is 17.1 Å². The summed E-state index contributed by atoms with van der Waals surface area (Å²) in [7, 11) is 0. The van der Waals surface area contributed by atoms with Crippen molar-refractivity contribution in [3.05, 3.63) is 223 Å². The summed E-state index contributed by atoms with van der Waals surface area (Å²) >= 11 is 0. The van der Waals surface area contributed by atoms with E-state index in [4.69, 9.17) is 9.47 Å². The molecule has 0 spiro atoms. The summed E-state index contributed by atoms with van der Waals surface area (Å²) in [6.45, 7) is 4.58. The van der Waals surface area contributed by atoms with Crippen LogP contribution in [-0.2, 0) is 5.41 Å². The monoisotopic (exact) mass is 771 g/mol. The minimum Gasteiger partial charge on any atom is -0.449 e. The second kappa shape index (κ2) is 14.3. The lowest BCUT2D eigenvalue weighted by Crippen LogP contribution is -2.15. The first-order valence-electron chi connectivity index (χ1n) is 20.6. The molecule has 286 valence electrons. The normalized spacial score (nSPS) is 12.9. The molecule has 3 heteroatoms. The zero-order valence-electron chi connectivity index (χ0n) is 33.5. The number of fused-ring (bicyclic) bond motifs is 5. The number of nitrogens with zero attached hydrogens (tertiary/aromatic N) is 1. The maximum Gasteiger partial charge on any atom is 0.177 e. The zero-order chi connectivity index (χ0) is 40.2. The van der Waals surface area contributed by atoms with Gasteiger partial charge < -0.3 is 14.4 Å². The van der Waals surface area contributed by atoms with E-state index in [1.165, 1.54) is 27.8 Å². The van der Waals surface area contributed by atoms with E-state index in [0.717, 1.165) is 67.5 Å². The van der Waals surface area contributed by atoms with E-state index in [1.807, 2.05) is 6.07 Å². The van der Waals surface area contributed by atoms with E-state index in [9.17, 15) is 0 Å². The Hall–Kier alpha value is -7.62. The topological polar surface area (TPSA) is 21.7 Å². The molecule has 1 aliphatic carbocycles. The molecule has 0 N–H and O–H groups in total. The predicted molar refractivity (Wildman–Crippen MR) is 247 cm³/mol. The highest BCUT2D eigenvalue weighted by atomic mass is 16.6. The average molecular weight is 772 g/mol. The van der Waals surface area contributed by atoms with Gasteiger partial charge in [0.05, 0.1) is 11.4 Å². The molecule has 1 aliphatic heterocycles. The molecular formula is C57H41NO2. The molecule has 3 nitrogen and oxygen atoms in total. The Morgan fingerprint density at radius 1 is 0.333 bits per heavy atom. The van der Waals surface area contributed by atoms with Crippen LogP contribution < -0.4 is 14.4 Å². The highest BCUT2D eigenvalue weighted by Gasteiger charge is 2.37. The molecule has 0 saturated heterocycles. The van der Waals surface area contributed by atoms with Crippen molar-refractivity contribution in [2.45, 2.75) is 19.3 Å². The smallest absolute Gasteiger partial charge is 0.177 e. The van der Waals surface area contributed by atoms with Crippen LogP contribution in [0.25, 0.3) is 55.6 Å². The SMILES string of the molecule is CC1(C)c2ccccc2-c2cc3c(cc21)Oc1c(cccc1-c1cccc(N(c2ccccc2-c2ccccc2)c2ccc(-c4ccccc4)cc2-c2ccccc2)c1)O3. The Bertz CT molecular complexity index is 3060. The summed E-state index contributed by atoms with van der Waals surface area (Å²) in [4.78, 5) is 2.41. The van der Waals surface area contributed by atoms with Crippen LogP contribution in [0.15, 0.2) is 212 Å². The zero-order valence-corrected chi connectivity index (χ0v) is 33.5. The van der Waals surface area contributed by atoms with Crippen LogP contribution in [0.3, 0.4) is 0 Å². The third-order valence-corrected chi connectivity index (χ3v) is 12.1. The molecule has 11 rings (SSSR count). The van der Waals surface area contributed by atoms with Gasteiger partial charge in [0, 0.05) is 27.8 Å². The summed E-state index contributed by atoms with van der Waals surface area (Å²) in [6.07, 6.45) is 0. The highest BCUT2D eigenvalue weighted by Crippen LogP contribution is 2.57. The quantitative estimate of drug-likeness (QED) is 0.161. The summed E-state index contributed by atoms with van der Waals surface area (Å²) in [6, 6.07) is 75.5. The van der Waals surface area contributed by atoms with Crippen LogP contribution in [-0.4, -0.2) is 0 Å². The highest BCUT2D eigenvalue weighted by molar-refractivity contribution is 5.96. The maximum atomic E-state index is 6.92. The Labute approximate surface area is 351 Å². The van der Waals surface area contributed by atoms with E-state index in [-0.39, 0.29) is 5.41 Å². The molecular weight excluding hydrogens is 731 g/mol. The second-order valence-corrected chi connectivity index (χ2v) is 16.1. The van der Waals surface area contributed by atoms with Gasteiger partial charge in [-0.1, -0.05) is 178 Å². The van der Waals surface area contributed by atoms with E-state index in [2.05, 4.69) is 225 Å². The first kappa shape index (κ1) is 35.5. The van der Waals surface area contributed by atoms with Crippen LogP contribution in [0.5, 0.6) is 23.0 Å². The van der Waals surface area contributed by atoms with E-state index < -0.39 is 0 Å². The maximum absolute atomic E-state index is 6.92. The lowest BCUT2D eigenvalue weighted by molar-refractivity contribution is 0.360. The Morgan fingerprint density at radius 3 is 1.68 bits per heavy atom. The van der Waals surface area contributed by atoms with E-state index in [1.54, 1.807) is 0 Å². The number of rotatable bonds is 7. The Morgan fingerprint density at radius 2 is 0.917 bits per heavy atom. The largest absolute Gasteiger partial charge is 0.449 e. The lowest BCUT2D eigenvalue weighted by Gasteiger charge is -2.31. The number of hydrogen-bond acceptors (Lipinski definition) is 3. The molecule has 0 radical (unpaired) electrons. The van der Waals surface area contributed by atoms with Crippen molar-refractivity contribution in [1.29, 1.82) is 0 Å². The first-order valence-corrected chi connectivity index (χ1v) is 20.6. The summed E-state index contributed by atoms with van der Waals surface area (Å²) in [5.74, 6) is 2.87. The molecule has 0 bridgehead atoms. The van der Waals surface area contributed by atoms with Crippen molar-refractivity contribution < 1.29 is 9.47 Å². The third kappa shape index (κ3) is 5.98. The van der Waals surface area contributed by atoms with Crippen molar-refractivity contribution in [2.75, 3.05) is 4.90 Å². The molecule has 0 amide bonds. The van der Waals surface area contributed by atoms with Gasteiger partial charge in [0.2, 0.25) is 0 Å². The minimum absolute atomic E-state index is 0.157. The molecule has 0 saturated carbocycles. The molecule has 0 unspecified atom stereocenters. The standard InChI is InChI=1S/C57H41NO2/c1-57(2)49-29-14-12-27-46(49)48-36-54-55(37-50(48)57)60-56-45(28-17-31-53(56)59-54)42-24-16-25-43(34-42)58(51-30-15-13-26-44(51)39-20-8-4-9-21-39)52-33-32-41(38-18-6-3-7-19-38)35-47(52)40-22-10-5-11-23-40/h3-37H,1-2H3. The number of anilines is 3. The molecule has 2 aliphatic rings. The lowest BCUT2D eigenvalue weighted by atomic mass is 9.82. The van der Waals surface area contributed by atoms with E-state index in [0.29, 0.717) is 11.5 Å². The fraction of sp³-hybridized carbons (Fsp3) is 0.0526. The Balaban J connectivity index is 1.07. The Kier molecular flexibility index (Phi) is 8.49. The molecule has 9 aromatic rings. The van der Waals surface area contributed by atoms with Gasteiger partial charge in [-0.3, -0.25) is 0 Å².